The van der Waals surface area contributed by atoms with Gasteiger partial charge < -0.3 is 10.0 Å². The summed E-state index contributed by atoms with van der Waals surface area (Å²) >= 11 is 0. The summed E-state index contributed by atoms with van der Waals surface area (Å²) in [5.74, 6) is -3.78. The topological polar surface area (TPSA) is 91.8 Å². The molecule has 0 heterocycles. The van der Waals surface area contributed by atoms with Gasteiger partial charge >= 0.3 is 5.97 Å². The normalized spacial score (nSPS) is 11.3. The van der Waals surface area contributed by atoms with Gasteiger partial charge in [0.15, 0.2) is 11.6 Å². The second-order valence-electron chi connectivity index (χ2n) is 5.44. The Morgan fingerprint density at radius 1 is 1.17 bits per heavy atom. The van der Waals surface area contributed by atoms with Gasteiger partial charge in [-0.25, -0.2) is 17.2 Å². The zero-order valence-corrected chi connectivity index (χ0v) is 14.0. The summed E-state index contributed by atoms with van der Waals surface area (Å²) in [6, 6.07) is 3.16. The molecule has 24 heavy (non-hydrogen) atoms. The maximum absolute atomic E-state index is 13.2. The van der Waals surface area contributed by atoms with E-state index in [2.05, 4.69) is 0 Å². The van der Waals surface area contributed by atoms with Crippen molar-refractivity contribution in [2.75, 3.05) is 18.6 Å². The molecule has 6 nitrogen and oxygen atoms in total. The first-order chi connectivity index (χ1) is 11.1. The van der Waals surface area contributed by atoms with E-state index in [1.54, 1.807) is 0 Å². The van der Waals surface area contributed by atoms with Crippen LogP contribution < -0.4 is 0 Å². The highest BCUT2D eigenvalue weighted by Crippen LogP contribution is 2.13. The number of nitrogens with zero attached hydrogens (tertiary/aromatic N) is 1. The fourth-order valence-corrected chi connectivity index (χ4v) is 2.69. The van der Waals surface area contributed by atoms with E-state index in [0.717, 1.165) is 18.4 Å². The number of aliphatic carboxylic acids is 1. The summed E-state index contributed by atoms with van der Waals surface area (Å²) in [5, 5.41) is 8.75. The molecule has 0 unspecified atom stereocenters. The van der Waals surface area contributed by atoms with E-state index in [4.69, 9.17) is 5.11 Å². The third kappa shape index (κ3) is 7.49. The van der Waals surface area contributed by atoms with E-state index < -0.39 is 33.3 Å². The van der Waals surface area contributed by atoms with Crippen molar-refractivity contribution in [2.24, 2.45) is 0 Å². The molecular formula is C15H19F2NO5S. The molecule has 134 valence electrons. The molecule has 0 atom stereocenters. The van der Waals surface area contributed by atoms with Crippen molar-refractivity contribution in [2.45, 2.75) is 25.8 Å². The molecule has 1 aromatic rings. The number of carboxylic acid groups (broad SMARTS) is 1. The molecule has 1 rings (SSSR count). The van der Waals surface area contributed by atoms with Gasteiger partial charge in [-0.2, -0.15) is 0 Å². The monoisotopic (exact) mass is 363 g/mol. The molecule has 0 bridgehead atoms. The lowest BCUT2D eigenvalue weighted by molar-refractivity contribution is -0.138. The van der Waals surface area contributed by atoms with Gasteiger partial charge in [0.1, 0.15) is 9.84 Å². The number of amides is 1. The molecule has 1 amide bonds. The molecule has 0 spiro atoms. The first-order valence-electron chi connectivity index (χ1n) is 7.19. The Morgan fingerprint density at radius 2 is 1.83 bits per heavy atom. The van der Waals surface area contributed by atoms with E-state index in [1.807, 2.05) is 0 Å². The molecule has 0 aliphatic carbocycles. The largest absolute Gasteiger partial charge is 0.481 e. The first kappa shape index (κ1) is 20.0. The zero-order valence-electron chi connectivity index (χ0n) is 13.2. The predicted octanol–water partition coefficient (Wildman–Crippen LogP) is 1.59. The summed E-state index contributed by atoms with van der Waals surface area (Å²) in [7, 11) is -3.20. The standard InChI is InChI=1S/C15H19F2NO5S/c1-24(22,23)8-2-3-14(19)18(7-6-15(20)21)10-11-4-5-12(16)13(17)9-11/h4-5,9H,2-3,6-8,10H2,1H3,(H,20,21). The van der Waals surface area contributed by atoms with Crippen molar-refractivity contribution >= 4 is 21.7 Å². The van der Waals surface area contributed by atoms with E-state index in [1.165, 1.54) is 11.0 Å². The van der Waals surface area contributed by atoms with Crippen LogP contribution in [0.1, 0.15) is 24.8 Å². The van der Waals surface area contributed by atoms with Crippen molar-refractivity contribution < 1.29 is 31.9 Å². The van der Waals surface area contributed by atoms with Gasteiger partial charge in [0.2, 0.25) is 5.91 Å². The minimum absolute atomic E-state index is 0.0730. The lowest BCUT2D eigenvalue weighted by atomic mass is 10.1. The molecule has 0 radical (unpaired) electrons. The first-order valence-corrected chi connectivity index (χ1v) is 9.26. The van der Waals surface area contributed by atoms with Gasteiger partial charge in [-0.05, 0) is 24.1 Å². The number of halogens is 2. The summed E-state index contributed by atoms with van der Waals surface area (Å²) in [5.41, 5.74) is 0.316. The smallest absolute Gasteiger partial charge is 0.305 e. The van der Waals surface area contributed by atoms with Crippen LogP contribution >= 0.6 is 0 Å². The van der Waals surface area contributed by atoms with Crippen LogP contribution in [0.25, 0.3) is 0 Å². The SMILES string of the molecule is CS(=O)(=O)CCCC(=O)N(CCC(=O)O)Cc1ccc(F)c(F)c1. The molecule has 0 aliphatic heterocycles. The highest BCUT2D eigenvalue weighted by molar-refractivity contribution is 7.90. The minimum atomic E-state index is -3.20. The lowest BCUT2D eigenvalue weighted by Crippen LogP contribution is -2.32. The third-order valence-corrected chi connectivity index (χ3v) is 4.24. The molecule has 9 heteroatoms. The van der Waals surface area contributed by atoms with Crippen LogP contribution in [-0.4, -0.2) is 48.9 Å². The van der Waals surface area contributed by atoms with Crippen molar-refractivity contribution in [1.82, 2.24) is 4.90 Å². The fraction of sp³-hybridized carbons (Fsp3) is 0.467. The van der Waals surface area contributed by atoms with E-state index in [0.29, 0.717) is 5.56 Å². The molecule has 0 aliphatic rings. The van der Waals surface area contributed by atoms with Crippen LogP contribution in [0.5, 0.6) is 0 Å². The maximum Gasteiger partial charge on any atom is 0.305 e. The van der Waals surface area contributed by atoms with Crippen LogP contribution in [0, 0.1) is 11.6 Å². The number of hydrogen-bond donors (Lipinski definition) is 1. The summed E-state index contributed by atoms with van der Waals surface area (Å²) in [6.45, 7) is -0.186. The predicted molar refractivity (Wildman–Crippen MR) is 83.0 cm³/mol. The van der Waals surface area contributed by atoms with Crippen molar-refractivity contribution in [3.8, 4) is 0 Å². The van der Waals surface area contributed by atoms with Gasteiger partial charge in [0, 0.05) is 25.8 Å². The third-order valence-electron chi connectivity index (χ3n) is 3.21. The van der Waals surface area contributed by atoms with Crippen LogP contribution in [0.4, 0.5) is 8.78 Å². The van der Waals surface area contributed by atoms with Gasteiger partial charge in [0.25, 0.3) is 0 Å². The Morgan fingerprint density at radius 3 is 2.38 bits per heavy atom. The molecule has 0 saturated heterocycles. The molecular weight excluding hydrogens is 344 g/mol. The van der Waals surface area contributed by atoms with Gasteiger partial charge in [-0.3, -0.25) is 9.59 Å². The Bertz CT molecular complexity index is 706. The van der Waals surface area contributed by atoms with E-state index >= 15 is 0 Å². The van der Waals surface area contributed by atoms with E-state index in [9.17, 15) is 26.8 Å². The number of benzene rings is 1. The number of rotatable bonds is 9. The summed E-state index contributed by atoms with van der Waals surface area (Å²) < 4.78 is 48.3. The molecule has 1 N–H and O–H groups in total. The minimum Gasteiger partial charge on any atom is -0.481 e. The van der Waals surface area contributed by atoms with E-state index in [-0.39, 0.29) is 38.1 Å². The highest BCUT2D eigenvalue weighted by Gasteiger charge is 2.17. The second-order valence-corrected chi connectivity index (χ2v) is 7.70. The Hall–Kier alpha value is -2.03. The molecule has 1 aromatic carbocycles. The fourth-order valence-electron chi connectivity index (χ4n) is 2.02. The Kier molecular flexibility index (Phi) is 7.27. The maximum atomic E-state index is 13.2. The molecule has 0 saturated carbocycles. The highest BCUT2D eigenvalue weighted by atomic mass is 32.2. The van der Waals surface area contributed by atoms with Crippen LogP contribution in [-0.2, 0) is 26.0 Å². The number of carbonyl (C=O) groups is 2. The van der Waals surface area contributed by atoms with Crippen molar-refractivity contribution in [1.29, 1.82) is 0 Å². The quantitative estimate of drug-likeness (QED) is 0.719. The summed E-state index contributed by atoms with van der Waals surface area (Å²) in [6.07, 6.45) is 0.790. The Labute approximate surface area is 139 Å². The number of hydrogen-bond acceptors (Lipinski definition) is 4. The average molecular weight is 363 g/mol. The average Bonchev–Trinajstić information content (AvgIpc) is 2.45. The lowest BCUT2D eigenvalue weighted by Gasteiger charge is -2.22. The van der Waals surface area contributed by atoms with Crippen LogP contribution in [0.3, 0.4) is 0 Å². The number of carbonyl (C=O) groups excluding carboxylic acids is 1. The van der Waals surface area contributed by atoms with Gasteiger partial charge in [-0.15, -0.1) is 0 Å². The van der Waals surface area contributed by atoms with Crippen molar-refractivity contribution in [3.63, 3.8) is 0 Å². The molecule has 0 aromatic heterocycles. The second kappa shape index (κ2) is 8.72. The summed E-state index contributed by atoms with van der Waals surface area (Å²) in [4.78, 5) is 24.1. The van der Waals surface area contributed by atoms with Gasteiger partial charge in [0.05, 0.1) is 12.2 Å². The zero-order chi connectivity index (χ0) is 18.3. The van der Waals surface area contributed by atoms with Crippen molar-refractivity contribution in [3.05, 3.63) is 35.4 Å². The Balaban J connectivity index is 2.76. The number of sulfone groups is 1. The van der Waals surface area contributed by atoms with Gasteiger partial charge in [-0.1, -0.05) is 6.07 Å². The number of carboxylic acids is 1. The molecule has 0 fully saturated rings. The van der Waals surface area contributed by atoms with Crippen LogP contribution in [0.15, 0.2) is 18.2 Å². The van der Waals surface area contributed by atoms with Crippen LogP contribution in [0.2, 0.25) is 0 Å².